The van der Waals surface area contributed by atoms with Crippen LogP contribution in [-0.2, 0) is 16.5 Å². The summed E-state index contributed by atoms with van der Waals surface area (Å²) < 4.78 is 31.7. The second-order valence-corrected chi connectivity index (χ2v) is 5.79. The fourth-order valence-corrected chi connectivity index (χ4v) is 2.93. The molecule has 0 radical (unpaired) electrons. The van der Waals surface area contributed by atoms with Crippen molar-refractivity contribution in [1.82, 2.24) is 0 Å². The molecule has 1 rings (SSSR count). The average molecular weight is 267 g/mol. The first kappa shape index (κ1) is 14.7. The minimum absolute atomic E-state index is 0.302. The Bertz CT molecular complexity index is 558. The molecule has 0 aliphatic carbocycles. The van der Waals surface area contributed by atoms with Gasteiger partial charge >= 0.3 is 0 Å². The summed E-state index contributed by atoms with van der Waals surface area (Å²) in [6.45, 7) is 3.70. The highest BCUT2D eigenvalue weighted by atomic mass is 32.2. The quantitative estimate of drug-likeness (QED) is 0.832. The van der Waals surface area contributed by atoms with Crippen LogP contribution in [-0.4, -0.2) is 13.0 Å². The van der Waals surface area contributed by atoms with Crippen LogP contribution in [0.25, 0.3) is 0 Å². The summed E-state index contributed by atoms with van der Waals surface area (Å²) in [7, 11) is -4.10. The zero-order valence-electron chi connectivity index (χ0n) is 10.5. The van der Waals surface area contributed by atoms with Crippen LogP contribution in [0.2, 0.25) is 0 Å². The van der Waals surface area contributed by atoms with Crippen molar-refractivity contribution in [1.29, 1.82) is 5.26 Å². The van der Waals surface area contributed by atoms with Gasteiger partial charge in [-0.25, -0.2) is 0 Å². The molecule has 0 bridgehead atoms. The van der Waals surface area contributed by atoms with Gasteiger partial charge in [-0.1, -0.05) is 32.4 Å². The third kappa shape index (κ3) is 3.31. The van der Waals surface area contributed by atoms with Crippen molar-refractivity contribution in [2.24, 2.45) is 0 Å². The Morgan fingerprint density at radius 1 is 1.39 bits per heavy atom. The van der Waals surface area contributed by atoms with Crippen LogP contribution in [0, 0.1) is 11.3 Å². The topological polar surface area (TPSA) is 78.2 Å². The molecular formula is C13H17NO3S. The van der Waals surface area contributed by atoms with Gasteiger partial charge in [0.15, 0.2) is 0 Å². The van der Waals surface area contributed by atoms with E-state index < -0.39 is 15.4 Å². The Balaban J connectivity index is 3.27. The number of benzene rings is 1. The predicted molar refractivity (Wildman–Crippen MR) is 69.7 cm³/mol. The van der Waals surface area contributed by atoms with E-state index >= 15 is 0 Å². The van der Waals surface area contributed by atoms with Crippen molar-refractivity contribution >= 4 is 10.1 Å². The van der Waals surface area contributed by atoms with E-state index in [4.69, 9.17) is 5.26 Å². The summed E-state index contributed by atoms with van der Waals surface area (Å²) >= 11 is 0. The Morgan fingerprint density at radius 3 is 2.50 bits per heavy atom. The molecule has 1 aromatic rings. The Kier molecular flexibility index (Phi) is 4.88. The van der Waals surface area contributed by atoms with E-state index in [1.165, 1.54) is 0 Å². The summed E-state index contributed by atoms with van der Waals surface area (Å²) in [6.07, 6.45) is 1.90. The lowest BCUT2D eigenvalue weighted by Gasteiger charge is -2.14. The zero-order valence-corrected chi connectivity index (χ0v) is 11.4. The number of nitrogens with zero attached hydrogens (tertiary/aromatic N) is 1. The minimum atomic E-state index is -4.10. The normalized spacial score (nSPS) is 13.0. The van der Waals surface area contributed by atoms with Gasteiger partial charge in [0.1, 0.15) is 5.25 Å². The van der Waals surface area contributed by atoms with E-state index in [0.29, 0.717) is 17.5 Å². The van der Waals surface area contributed by atoms with Crippen molar-refractivity contribution in [3.05, 3.63) is 34.9 Å². The highest BCUT2D eigenvalue weighted by Crippen LogP contribution is 2.27. The van der Waals surface area contributed by atoms with E-state index in [0.717, 1.165) is 18.4 Å². The van der Waals surface area contributed by atoms with Crippen molar-refractivity contribution in [2.45, 2.75) is 38.4 Å². The molecule has 0 aliphatic heterocycles. The lowest BCUT2D eigenvalue weighted by Crippen LogP contribution is -2.11. The largest absolute Gasteiger partial charge is 0.285 e. The molecule has 0 aromatic heterocycles. The first-order chi connectivity index (χ1) is 8.43. The maximum Gasteiger partial charge on any atom is 0.271 e. The van der Waals surface area contributed by atoms with E-state index in [1.807, 2.05) is 6.92 Å². The highest BCUT2D eigenvalue weighted by Gasteiger charge is 2.23. The Labute approximate surface area is 108 Å². The number of aryl methyl sites for hydroxylation is 1. The van der Waals surface area contributed by atoms with Gasteiger partial charge in [0.2, 0.25) is 0 Å². The van der Waals surface area contributed by atoms with Crippen LogP contribution in [0.15, 0.2) is 18.2 Å². The number of rotatable bonds is 5. The van der Waals surface area contributed by atoms with E-state index in [2.05, 4.69) is 6.07 Å². The van der Waals surface area contributed by atoms with Crippen molar-refractivity contribution in [3.63, 3.8) is 0 Å². The minimum Gasteiger partial charge on any atom is -0.285 e. The van der Waals surface area contributed by atoms with Crippen LogP contribution < -0.4 is 0 Å². The second-order valence-electron chi connectivity index (χ2n) is 4.19. The number of hydrogen-bond acceptors (Lipinski definition) is 3. The molecular weight excluding hydrogens is 250 g/mol. The molecule has 0 fully saturated rings. The molecule has 0 saturated heterocycles. The number of nitriles is 1. The molecule has 1 N–H and O–H groups in total. The van der Waals surface area contributed by atoms with Gasteiger partial charge in [-0.3, -0.25) is 4.55 Å². The molecule has 0 heterocycles. The third-order valence-corrected chi connectivity index (χ3v) is 4.20. The molecule has 98 valence electrons. The fourth-order valence-electron chi connectivity index (χ4n) is 2.02. The van der Waals surface area contributed by atoms with Crippen LogP contribution in [0.3, 0.4) is 0 Å². The molecule has 0 spiro atoms. The summed E-state index contributed by atoms with van der Waals surface area (Å²) in [5.41, 5.74) is 1.94. The lowest BCUT2D eigenvalue weighted by atomic mass is 9.99. The summed E-state index contributed by atoms with van der Waals surface area (Å²) in [5.74, 6) is 0. The molecule has 4 nitrogen and oxygen atoms in total. The summed E-state index contributed by atoms with van der Waals surface area (Å²) in [4.78, 5) is 0. The molecule has 1 atom stereocenters. The summed E-state index contributed by atoms with van der Waals surface area (Å²) in [5, 5.41) is 8.06. The van der Waals surface area contributed by atoms with Crippen molar-refractivity contribution in [2.75, 3.05) is 0 Å². The van der Waals surface area contributed by atoms with Crippen molar-refractivity contribution < 1.29 is 13.0 Å². The third-order valence-electron chi connectivity index (χ3n) is 2.87. The van der Waals surface area contributed by atoms with E-state index in [1.54, 1.807) is 25.1 Å². The number of hydrogen-bond donors (Lipinski definition) is 1. The monoisotopic (exact) mass is 267 g/mol. The van der Waals surface area contributed by atoms with Gasteiger partial charge in [-0.2, -0.15) is 13.7 Å². The SMILES string of the molecule is CCCc1cc(C(CC)S(=O)(=O)O)ccc1C#N. The highest BCUT2D eigenvalue weighted by molar-refractivity contribution is 7.86. The van der Waals surface area contributed by atoms with Gasteiger partial charge in [0, 0.05) is 0 Å². The van der Waals surface area contributed by atoms with Gasteiger partial charge < -0.3 is 0 Å². The average Bonchev–Trinajstić information content (AvgIpc) is 2.29. The van der Waals surface area contributed by atoms with Crippen LogP contribution >= 0.6 is 0 Å². The molecule has 18 heavy (non-hydrogen) atoms. The van der Waals surface area contributed by atoms with E-state index in [-0.39, 0.29) is 0 Å². The van der Waals surface area contributed by atoms with Gasteiger partial charge in [0.25, 0.3) is 10.1 Å². The standard InChI is InChI=1S/C13H17NO3S/c1-3-5-10-8-11(6-7-12(10)9-14)13(4-2)18(15,16)17/h6-8,13H,3-5H2,1-2H3,(H,15,16,17). The van der Waals surface area contributed by atoms with Gasteiger partial charge in [-0.05, 0) is 30.0 Å². The summed E-state index contributed by atoms with van der Waals surface area (Å²) in [6, 6.07) is 7.02. The molecule has 5 heteroatoms. The maximum absolute atomic E-state index is 11.3. The van der Waals surface area contributed by atoms with Crippen LogP contribution in [0.4, 0.5) is 0 Å². The van der Waals surface area contributed by atoms with Gasteiger partial charge in [0.05, 0.1) is 11.6 Å². The van der Waals surface area contributed by atoms with Crippen molar-refractivity contribution in [3.8, 4) is 6.07 Å². The van der Waals surface area contributed by atoms with E-state index in [9.17, 15) is 13.0 Å². The Hall–Kier alpha value is -1.38. The molecule has 0 aliphatic rings. The predicted octanol–water partition coefficient (Wildman–Crippen LogP) is 2.85. The lowest BCUT2D eigenvalue weighted by molar-refractivity contribution is 0.466. The maximum atomic E-state index is 11.3. The molecule has 1 unspecified atom stereocenters. The Morgan fingerprint density at radius 2 is 2.06 bits per heavy atom. The zero-order chi connectivity index (χ0) is 13.8. The molecule has 0 amide bonds. The second kappa shape index (κ2) is 5.98. The smallest absolute Gasteiger partial charge is 0.271 e. The first-order valence-electron chi connectivity index (χ1n) is 5.93. The van der Waals surface area contributed by atoms with Gasteiger partial charge in [-0.15, -0.1) is 0 Å². The fraction of sp³-hybridized carbons (Fsp3) is 0.462. The molecule has 0 saturated carbocycles. The van der Waals surface area contributed by atoms with Crippen LogP contribution in [0.5, 0.6) is 0 Å². The first-order valence-corrected chi connectivity index (χ1v) is 7.43. The molecule has 1 aromatic carbocycles. The van der Waals surface area contributed by atoms with Crippen LogP contribution in [0.1, 0.15) is 48.6 Å².